The summed E-state index contributed by atoms with van der Waals surface area (Å²) >= 11 is 0. The van der Waals surface area contributed by atoms with Gasteiger partial charge in [-0.05, 0) is 41.3 Å². The molecule has 4 rings (SSSR count). The monoisotopic (exact) mass is 370 g/mol. The first-order chi connectivity index (χ1) is 13.2. The van der Waals surface area contributed by atoms with Gasteiger partial charge in [0.05, 0.1) is 19.8 Å². The highest BCUT2D eigenvalue weighted by atomic mass is 19.1. The van der Waals surface area contributed by atoms with E-state index in [1.54, 1.807) is 17.0 Å². The smallest absolute Gasteiger partial charge is 0.317 e. The number of hydrogen-bond donors (Lipinski definition) is 1. The van der Waals surface area contributed by atoms with Crippen LogP contribution in [-0.2, 0) is 17.6 Å². The lowest BCUT2D eigenvalue weighted by Crippen LogP contribution is -2.47. The summed E-state index contributed by atoms with van der Waals surface area (Å²) in [7, 11) is 0. The van der Waals surface area contributed by atoms with E-state index < -0.39 is 0 Å². The van der Waals surface area contributed by atoms with E-state index in [0.29, 0.717) is 26.2 Å². The maximum atomic E-state index is 13.1. The standard InChI is InChI=1S/C21H23FN2O3/c22-18-4-2-16(3-5-18)20-14-24(10-12-27-20)21(25)23-9-7-15-1-6-19-17(13-15)8-11-26-19/h1-6,13,20H,7-12,14H2,(H,23,25)/t20-/m0/s1. The second kappa shape index (κ2) is 7.96. The first kappa shape index (κ1) is 17.8. The van der Waals surface area contributed by atoms with Gasteiger partial charge in [-0.25, -0.2) is 9.18 Å². The lowest BCUT2D eigenvalue weighted by atomic mass is 10.1. The Labute approximate surface area is 158 Å². The van der Waals surface area contributed by atoms with Crippen molar-refractivity contribution < 1.29 is 18.7 Å². The van der Waals surface area contributed by atoms with Crippen molar-refractivity contribution in [1.29, 1.82) is 0 Å². The van der Waals surface area contributed by atoms with Gasteiger partial charge in [-0.15, -0.1) is 0 Å². The summed E-state index contributed by atoms with van der Waals surface area (Å²) in [6, 6.07) is 12.4. The molecule has 2 aliphatic rings. The summed E-state index contributed by atoms with van der Waals surface area (Å²) in [4.78, 5) is 14.2. The molecule has 2 aromatic carbocycles. The largest absolute Gasteiger partial charge is 0.493 e. The Kier molecular flexibility index (Phi) is 5.25. The molecule has 1 fully saturated rings. The minimum Gasteiger partial charge on any atom is -0.493 e. The molecule has 1 atom stereocenters. The highest BCUT2D eigenvalue weighted by Crippen LogP contribution is 2.26. The molecular formula is C21H23FN2O3. The molecule has 0 radical (unpaired) electrons. The number of ether oxygens (including phenoxy) is 2. The Hall–Kier alpha value is -2.60. The van der Waals surface area contributed by atoms with Gasteiger partial charge in [0, 0.05) is 19.5 Å². The molecule has 0 spiro atoms. The molecule has 0 bridgehead atoms. The Morgan fingerprint density at radius 3 is 2.89 bits per heavy atom. The summed E-state index contributed by atoms with van der Waals surface area (Å²) in [6.45, 7) is 2.83. The summed E-state index contributed by atoms with van der Waals surface area (Å²) in [6.07, 6.45) is 1.51. The number of halogens is 1. The van der Waals surface area contributed by atoms with E-state index >= 15 is 0 Å². The summed E-state index contributed by atoms with van der Waals surface area (Å²) < 4.78 is 24.4. The number of rotatable bonds is 4. The predicted molar refractivity (Wildman–Crippen MR) is 99.4 cm³/mol. The van der Waals surface area contributed by atoms with Gasteiger partial charge >= 0.3 is 6.03 Å². The number of nitrogens with one attached hydrogen (secondary N) is 1. The van der Waals surface area contributed by atoms with Gasteiger partial charge in [-0.1, -0.05) is 24.3 Å². The lowest BCUT2D eigenvalue weighted by Gasteiger charge is -2.33. The van der Waals surface area contributed by atoms with E-state index in [9.17, 15) is 9.18 Å². The van der Waals surface area contributed by atoms with Gasteiger partial charge in [0.25, 0.3) is 0 Å². The third kappa shape index (κ3) is 4.22. The van der Waals surface area contributed by atoms with Crippen LogP contribution in [0.3, 0.4) is 0 Å². The van der Waals surface area contributed by atoms with Gasteiger partial charge in [-0.2, -0.15) is 0 Å². The van der Waals surface area contributed by atoms with E-state index in [2.05, 4.69) is 17.4 Å². The lowest BCUT2D eigenvalue weighted by molar-refractivity contribution is -0.0154. The van der Waals surface area contributed by atoms with Crippen LogP contribution in [0.2, 0.25) is 0 Å². The topological polar surface area (TPSA) is 50.8 Å². The van der Waals surface area contributed by atoms with E-state index in [1.807, 2.05) is 6.07 Å². The number of nitrogens with zero attached hydrogens (tertiary/aromatic N) is 1. The summed E-state index contributed by atoms with van der Waals surface area (Å²) in [5.74, 6) is 0.699. The summed E-state index contributed by atoms with van der Waals surface area (Å²) in [5.41, 5.74) is 3.33. The zero-order valence-corrected chi connectivity index (χ0v) is 15.1. The van der Waals surface area contributed by atoms with Gasteiger partial charge in [-0.3, -0.25) is 0 Å². The van der Waals surface area contributed by atoms with Crippen molar-refractivity contribution in [3.8, 4) is 5.75 Å². The minimum absolute atomic E-state index is 0.0881. The molecule has 1 N–H and O–H groups in total. The molecular weight excluding hydrogens is 347 g/mol. The number of benzene rings is 2. The average Bonchev–Trinajstić information content (AvgIpc) is 3.16. The second-order valence-corrected chi connectivity index (χ2v) is 6.88. The number of morpholine rings is 1. The predicted octanol–water partition coefficient (Wildman–Crippen LogP) is 3.09. The Balaban J connectivity index is 1.28. The molecule has 0 aromatic heterocycles. The molecule has 27 heavy (non-hydrogen) atoms. The molecule has 2 amide bonds. The van der Waals surface area contributed by atoms with E-state index in [-0.39, 0.29) is 18.0 Å². The van der Waals surface area contributed by atoms with Crippen molar-refractivity contribution in [2.75, 3.05) is 32.8 Å². The minimum atomic E-state index is -0.276. The van der Waals surface area contributed by atoms with Crippen LogP contribution in [0.25, 0.3) is 0 Å². The fourth-order valence-corrected chi connectivity index (χ4v) is 3.53. The zero-order chi connectivity index (χ0) is 18.6. The Morgan fingerprint density at radius 2 is 2.04 bits per heavy atom. The van der Waals surface area contributed by atoms with Crippen molar-refractivity contribution in [1.82, 2.24) is 10.2 Å². The van der Waals surface area contributed by atoms with Crippen LogP contribution in [-0.4, -0.2) is 43.8 Å². The molecule has 0 aliphatic carbocycles. The molecule has 2 aromatic rings. The van der Waals surface area contributed by atoms with Crippen molar-refractivity contribution in [2.24, 2.45) is 0 Å². The fourth-order valence-electron chi connectivity index (χ4n) is 3.53. The highest BCUT2D eigenvalue weighted by molar-refractivity contribution is 5.74. The van der Waals surface area contributed by atoms with Crippen molar-refractivity contribution in [3.63, 3.8) is 0 Å². The summed E-state index contributed by atoms with van der Waals surface area (Å²) in [5, 5.41) is 2.99. The highest BCUT2D eigenvalue weighted by Gasteiger charge is 2.25. The van der Waals surface area contributed by atoms with Crippen molar-refractivity contribution >= 4 is 6.03 Å². The maximum absolute atomic E-state index is 13.1. The number of carbonyl (C=O) groups excluding carboxylic acids is 1. The molecule has 2 aliphatic heterocycles. The molecule has 5 nitrogen and oxygen atoms in total. The van der Waals surface area contributed by atoms with Gasteiger partial charge < -0.3 is 19.7 Å². The molecule has 0 saturated carbocycles. The van der Waals surface area contributed by atoms with Crippen LogP contribution < -0.4 is 10.1 Å². The molecule has 1 saturated heterocycles. The van der Waals surface area contributed by atoms with E-state index in [4.69, 9.17) is 9.47 Å². The third-order valence-electron chi connectivity index (χ3n) is 5.04. The van der Waals surface area contributed by atoms with Gasteiger partial charge in [0.1, 0.15) is 17.7 Å². The van der Waals surface area contributed by atoms with Crippen LogP contribution in [0.4, 0.5) is 9.18 Å². The van der Waals surface area contributed by atoms with Crippen LogP contribution in [0.15, 0.2) is 42.5 Å². The zero-order valence-electron chi connectivity index (χ0n) is 15.1. The normalized spacial score (nSPS) is 18.7. The number of hydrogen-bond acceptors (Lipinski definition) is 3. The maximum Gasteiger partial charge on any atom is 0.317 e. The fraction of sp³-hybridized carbons (Fsp3) is 0.381. The number of amides is 2. The van der Waals surface area contributed by atoms with Gasteiger partial charge in [0.2, 0.25) is 0 Å². The van der Waals surface area contributed by atoms with Crippen molar-refractivity contribution in [3.05, 3.63) is 65.0 Å². The quantitative estimate of drug-likeness (QED) is 0.900. The number of fused-ring (bicyclic) bond motifs is 1. The van der Waals surface area contributed by atoms with Gasteiger partial charge in [0.15, 0.2) is 0 Å². The molecule has 2 heterocycles. The Bertz CT molecular complexity index is 810. The van der Waals surface area contributed by atoms with E-state index in [1.165, 1.54) is 23.3 Å². The third-order valence-corrected chi connectivity index (χ3v) is 5.04. The van der Waals surface area contributed by atoms with Crippen LogP contribution in [0, 0.1) is 5.82 Å². The van der Waals surface area contributed by atoms with Crippen LogP contribution >= 0.6 is 0 Å². The average molecular weight is 370 g/mol. The Morgan fingerprint density at radius 1 is 1.19 bits per heavy atom. The van der Waals surface area contributed by atoms with Crippen LogP contribution in [0.5, 0.6) is 5.75 Å². The first-order valence-corrected chi connectivity index (χ1v) is 9.33. The van der Waals surface area contributed by atoms with Crippen LogP contribution in [0.1, 0.15) is 22.8 Å². The number of urea groups is 1. The van der Waals surface area contributed by atoms with Crippen molar-refractivity contribution in [2.45, 2.75) is 18.9 Å². The SMILES string of the molecule is O=C(NCCc1ccc2c(c1)CCO2)N1CCO[C@H](c2ccc(F)cc2)C1. The first-order valence-electron chi connectivity index (χ1n) is 9.33. The number of carbonyl (C=O) groups is 1. The molecule has 142 valence electrons. The molecule has 0 unspecified atom stereocenters. The van der Waals surface area contributed by atoms with E-state index in [0.717, 1.165) is 30.8 Å². The molecule has 6 heteroatoms. The second-order valence-electron chi connectivity index (χ2n) is 6.88.